The first-order chi connectivity index (χ1) is 5.63. The molecule has 12 heavy (non-hydrogen) atoms. The Bertz CT molecular complexity index is 102. The van der Waals surface area contributed by atoms with Crippen LogP contribution in [0.5, 0.6) is 0 Å². The first-order valence-electron chi connectivity index (χ1n) is 5.04. The minimum absolute atomic E-state index is 0.676. The molecule has 1 unspecified atom stereocenters. The van der Waals surface area contributed by atoms with E-state index in [1.165, 1.54) is 0 Å². The Hall–Kier alpha value is -0.0800. The molecule has 0 saturated heterocycles. The van der Waals surface area contributed by atoms with Gasteiger partial charge in [0, 0.05) is 12.6 Å². The smallest absolute Gasteiger partial charge is 0.0240 e. The second-order valence-electron chi connectivity index (χ2n) is 3.69. The standard InChI is InChI=1S/C10H24N2/c1-6-11-8-10(9(3)4)12(5)7-2/h9-11H,6-8H2,1-5H3. The Morgan fingerprint density at radius 2 is 1.83 bits per heavy atom. The molecule has 0 aromatic heterocycles. The van der Waals surface area contributed by atoms with E-state index in [-0.39, 0.29) is 0 Å². The van der Waals surface area contributed by atoms with E-state index in [2.05, 4.69) is 45.0 Å². The Kier molecular flexibility index (Phi) is 6.39. The fraction of sp³-hybridized carbons (Fsp3) is 1.00. The molecule has 2 heteroatoms. The van der Waals surface area contributed by atoms with Gasteiger partial charge in [0.15, 0.2) is 0 Å². The average molecular weight is 172 g/mol. The zero-order chi connectivity index (χ0) is 9.56. The van der Waals surface area contributed by atoms with Gasteiger partial charge in [0.1, 0.15) is 0 Å². The molecule has 0 fully saturated rings. The maximum absolute atomic E-state index is 3.40. The maximum atomic E-state index is 3.40. The third kappa shape index (κ3) is 4.07. The Morgan fingerprint density at radius 3 is 2.17 bits per heavy atom. The molecule has 0 spiro atoms. The van der Waals surface area contributed by atoms with Crippen molar-refractivity contribution in [2.24, 2.45) is 5.92 Å². The van der Waals surface area contributed by atoms with Gasteiger partial charge < -0.3 is 10.2 Å². The molecule has 0 aliphatic carbocycles. The first kappa shape index (κ1) is 11.9. The van der Waals surface area contributed by atoms with Crippen molar-refractivity contribution in [1.82, 2.24) is 10.2 Å². The summed E-state index contributed by atoms with van der Waals surface area (Å²) >= 11 is 0. The van der Waals surface area contributed by atoms with Crippen LogP contribution < -0.4 is 5.32 Å². The minimum atomic E-state index is 0.676. The van der Waals surface area contributed by atoms with E-state index in [1.54, 1.807) is 0 Å². The van der Waals surface area contributed by atoms with Gasteiger partial charge in [0.2, 0.25) is 0 Å². The van der Waals surface area contributed by atoms with Crippen LogP contribution in [-0.2, 0) is 0 Å². The third-order valence-electron chi connectivity index (χ3n) is 2.44. The van der Waals surface area contributed by atoms with Crippen molar-refractivity contribution in [2.75, 3.05) is 26.7 Å². The quantitative estimate of drug-likeness (QED) is 0.654. The molecule has 0 aliphatic heterocycles. The predicted molar refractivity (Wildman–Crippen MR) is 55.5 cm³/mol. The fourth-order valence-electron chi connectivity index (χ4n) is 1.43. The van der Waals surface area contributed by atoms with Crippen LogP contribution in [0.2, 0.25) is 0 Å². The van der Waals surface area contributed by atoms with Crippen LogP contribution in [0, 0.1) is 5.92 Å². The van der Waals surface area contributed by atoms with Gasteiger partial charge in [-0.2, -0.15) is 0 Å². The molecule has 0 rings (SSSR count). The van der Waals surface area contributed by atoms with E-state index in [0.29, 0.717) is 6.04 Å². The molecule has 0 amide bonds. The normalized spacial score (nSPS) is 14.2. The molecule has 0 aromatic rings. The maximum Gasteiger partial charge on any atom is 0.0240 e. The van der Waals surface area contributed by atoms with Crippen LogP contribution in [0.3, 0.4) is 0 Å². The SMILES string of the molecule is CCNCC(C(C)C)N(C)CC. The van der Waals surface area contributed by atoms with E-state index in [0.717, 1.165) is 25.6 Å². The van der Waals surface area contributed by atoms with Crippen LogP contribution >= 0.6 is 0 Å². The van der Waals surface area contributed by atoms with Crippen molar-refractivity contribution in [1.29, 1.82) is 0 Å². The Labute approximate surface area is 77.3 Å². The highest BCUT2D eigenvalue weighted by atomic mass is 15.1. The van der Waals surface area contributed by atoms with Gasteiger partial charge in [-0.3, -0.25) is 0 Å². The van der Waals surface area contributed by atoms with Gasteiger partial charge in [0.25, 0.3) is 0 Å². The van der Waals surface area contributed by atoms with Gasteiger partial charge in [-0.1, -0.05) is 27.7 Å². The lowest BCUT2D eigenvalue weighted by atomic mass is 10.0. The van der Waals surface area contributed by atoms with Crippen molar-refractivity contribution in [3.05, 3.63) is 0 Å². The summed E-state index contributed by atoms with van der Waals surface area (Å²) in [5, 5.41) is 3.40. The summed E-state index contributed by atoms with van der Waals surface area (Å²) in [6.45, 7) is 12.3. The number of rotatable bonds is 6. The number of nitrogens with one attached hydrogen (secondary N) is 1. The van der Waals surface area contributed by atoms with E-state index in [1.807, 2.05) is 0 Å². The summed E-state index contributed by atoms with van der Waals surface area (Å²) in [5.41, 5.74) is 0. The molecule has 1 N–H and O–H groups in total. The van der Waals surface area contributed by atoms with Crippen molar-refractivity contribution in [2.45, 2.75) is 33.7 Å². The molecule has 0 aliphatic rings. The molecular formula is C10H24N2. The second kappa shape index (κ2) is 6.44. The van der Waals surface area contributed by atoms with Crippen LogP contribution in [0.15, 0.2) is 0 Å². The minimum Gasteiger partial charge on any atom is -0.315 e. The third-order valence-corrected chi connectivity index (χ3v) is 2.44. The van der Waals surface area contributed by atoms with Gasteiger partial charge >= 0.3 is 0 Å². The summed E-state index contributed by atoms with van der Waals surface area (Å²) in [4.78, 5) is 2.41. The number of likely N-dealkylation sites (N-methyl/N-ethyl adjacent to an activating group) is 2. The second-order valence-corrected chi connectivity index (χ2v) is 3.69. The molecule has 2 nitrogen and oxygen atoms in total. The average Bonchev–Trinajstić information content (AvgIpc) is 2.04. The number of hydrogen-bond acceptors (Lipinski definition) is 2. The molecule has 0 bridgehead atoms. The monoisotopic (exact) mass is 172 g/mol. The van der Waals surface area contributed by atoms with Gasteiger partial charge in [-0.25, -0.2) is 0 Å². The summed E-state index contributed by atoms with van der Waals surface area (Å²) in [6.07, 6.45) is 0. The van der Waals surface area contributed by atoms with Gasteiger partial charge in [0.05, 0.1) is 0 Å². The lowest BCUT2D eigenvalue weighted by Gasteiger charge is -2.30. The summed E-state index contributed by atoms with van der Waals surface area (Å²) in [7, 11) is 2.20. The molecule has 1 atom stereocenters. The van der Waals surface area contributed by atoms with Crippen LogP contribution in [-0.4, -0.2) is 37.6 Å². The topological polar surface area (TPSA) is 15.3 Å². The van der Waals surface area contributed by atoms with Crippen molar-refractivity contribution < 1.29 is 0 Å². The fourth-order valence-corrected chi connectivity index (χ4v) is 1.43. The highest BCUT2D eigenvalue weighted by Gasteiger charge is 2.15. The Morgan fingerprint density at radius 1 is 1.25 bits per heavy atom. The predicted octanol–water partition coefficient (Wildman–Crippen LogP) is 1.57. The van der Waals surface area contributed by atoms with Crippen molar-refractivity contribution in [3.63, 3.8) is 0 Å². The zero-order valence-electron chi connectivity index (χ0n) is 9.22. The van der Waals surface area contributed by atoms with Gasteiger partial charge in [-0.15, -0.1) is 0 Å². The molecule has 74 valence electrons. The van der Waals surface area contributed by atoms with Crippen LogP contribution in [0.1, 0.15) is 27.7 Å². The highest BCUT2D eigenvalue weighted by molar-refractivity contribution is 4.73. The molecule has 0 saturated carbocycles. The highest BCUT2D eigenvalue weighted by Crippen LogP contribution is 2.07. The van der Waals surface area contributed by atoms with Crippen molar-refractivity contribution >= 4 is 0 Å². The lowest BCUT2D eigenvalue weighted by Crippen LogP contribution is -2.43. The number of nitrogens with zero attached hydrogens (tertiary/aromatic N) is 1. The summed E-state index contributed by atoms with van der Waals surface area (Å²) < 4.78 is 0. The van der Waals surface area contributed by atoms with Crippen molar-refractivity contribution in [3.8, 4) is 0 Å². The lowest BCUT2D eigenvalue weighted by molar-refractivity contribution is 0.196. The summed E-state index contributed by atoms with van der Waals surface area (Å²) in [5.74, 6) is 0.731. The largest absolute Gasteiger partial charge is 0.315 e. The summed E-state index contributed by atoms with van der Waals surface area (Å²) in [6, 6.07) is 0.676. The Balaban J connectivity index is 3.85. The van der Waals surface area contributed by atoms with E-state index < -0.39 is 0 Å². The van der Waals surface area contributed by atoms with E-state index in [9.17, 15) is 0 Å². The molecule has 0 radical (unpaired) electrons. The molecule has 0 heterocycles. The van der Waals surface area contributed by atoms with Crippen LogP contribution in [0.4, 0.5) is 0 Å². The van der Waals surface area contributed by atoms with Crippen LogP contribution in [0.25, 0.3) is 0 Å². The molecule has 0 aromatic carbocycles. The van der Waals surface area contributed by atoms with E-state index in [4.69, 9.17) is 0 Å². The zero-order valence-corrected chi connectivity index (χ0v) is 9.22. The molecular weight excluding hydrogens is 148 g/mol. The van der Waals surface area contributed by atoms with Gasteiger partial charge in [-0.05, 0) is 26.1 Å². The number of hydrogen-bond donors (Lipinski definition) is 1. The first-order valence-corrected chi connectivity index (χ1v) is 5.04. The van der Waals surface area contributed by atoms with E-state index >= 15 is 0 Å².